The third-order valence-corrected chi connectivity index (χ3v) is 9.40. The first-order valence-electron chi connectivity index (χ1n) is 22.3. The normalized spacial score (nSPS) is 17.7. The summed E-state index contributed by atoms with van der Waals surface area (Å²) in [5.74, 6) is 0. The summed E-state index contributed by atoms with van der Waals surface area (Å²) in [7, 11) is 0. The Morgan fingerprint density at radius 1 is 0.468 bits per heavy atom. The van der Waals surface area contributed by atoms with Crippen molar-refractivity contribution in [2.45, 2.75) is 19.3 Å². The van der Waals surface area contributed by atoms with E-state index >= 15 is 0 Å². The van der Waals surface area contributed by atoms with Crippen LogP contribution in [0.25, 0.3) is 77.2 Å². The fraction of sp³-hybridized carbons (Fsp3) is 0.0667. The molecule has 222 valence electrons. The van der Waals surface area contributed by atoms with Gasteiger partial charge in [0.2, 0.25) is 0 Å². The standard InChI is InChI=1S/C45H32N2/c1-45(2)39-17-9-6-14-33(39)34-23-22-32(28-40(34)45)47-42-19-11-8-16-36(42)38-27-30(21-25-44(38)47)29-20-24-43-37(26-29)35-15-7-10-18-41(35)46(43)31-12-4-3-5-13-31/h3-28H,1-2H3/i3D,7D,8D,10D,12D,13D,15D,16D,18D,19D,24D,25D,26D,27D. The van der Waals surface area contributed by atoms with Gasteiger partial charge in [-0.3, -0.25) is 0 Å². The summed E-state index contributed by atoms with van der Waals surface area (Å²) in [5, 5.41) is -0.0458. The van der Waals surface area contributed by atoms with Gasteiger partial charge in [0.15, 0.2) is 0 Å². The Hall–Kier alpha value is -5.86. The van der Waals surface area contributed by atoms with Gasteiger partial charge in [-0.1, -0.05) is 111 Å². The lowest BCUT2D eigenvalue weighted by molar-refractivity contribution is 0.660. The van der Waals surface area contributed by atoms with Crippen molar-refractivity contribution in [1.82, 2.24) is 9.13 Å². The molecule has 0 spiro atoms. The van der Waals surface area contributed by atoms with Crippen molar-refractivity contribution >= 4 is 43.6 Å². The number of benzene rings is 7. The van der Waals surface area contributed by atoms with Crippen LogP contribution in [0, 0.1) is 0 Å². The molecule has 1 aliphatic carbocycles. The summed E-state index contributed by atoms with van der Waals surface area (Å²) in [6.07, 6.45) is 0. The second kappa shape index (κ2) is 9.57. The third kappa shape index (κ3) is 3.67. The molecule has 1 aliphatic rings. The van der Waals surface area contributed by atoms with Gasteiger partial charge in [0.1, 0.15) is 0 Å². The maximum atomic E-state index is 9.79. The Morgan fingerprint density at radius 2 is 1.06 bits per heavy atom. The van der Waals surface area contributed by atoms with E-state index in [2.05, 4.69) is 26.0 Å². The lowest BCUT2D eigenvalue weighted by Crippen LogP contribution is -2.15. The van der Waals surface area contributed by atoms with Gasteiger partial charge >= 0.3 is 0 Å². The zero-order chi connectivity index (χ0) is 43.5. The van der Waals surface area contributed by atoms with Crippen molar-refractivity contribution in [2.75, 3.05) is 0 Å². The molecular weight excluding hydrogens is 569 g/mol. The van der Waals surface area contributed by atoms with Crippen molar-refractivity contribution in [2.24, 2.45) is 0 Å². The highest BCUT2D eigenvalue weighted by molar-refractivity contribution is 6.12. The predicted octanol–water partition coefficient (Wildman–Crippen LogP) is 11.9. The maximum absolute atomic E-state index is 9.79. The molecule has 0 aliphatic heterocycles. The molecule has 0 fully saturated rings. The first kappa shape index (κ1) is 16.1. The fourth-order valence-corrected chi connectivity index (χ4v) is 7.22. The number of para-hydroxylation sites is 3. The highest BCUT2D eigenvalue weighted by Gasteiger charge is 2.35. The molecule has 0 amide bonds. The molecule has 0 atom stereocenters. The van der Waals surface area contributed by atoms with Gasteiger partial charge in [0, 0.05) is 38.3 Å². The molecule has 2 nitrogen and oxygen atoms in total. The molecule has 2 heteroatoms. The van der Waals surface area contributed by atoms with Crippen molar-refractivity contribution < 1.29 is 19.2 Å². The summed E-state index contributed by atoms with van der Waals surface area (Å²) in [5.41, 5.74) is 4.51. The monoisotopic (exact) mass is 614 g/mol. The van der Waals surface area contributed by atoms with E-state index in [1.807, 2.05) is 30.3 Å². The molecular formula is C45H32N2. The number of fused-ring (bicyclic) bond motifs is 9. The van der Waals surface area contributed by atoms with E-state index in [4.69, 9.17) is 13.7 Å². The van der Waals surface area contributed by atoms with Gasteiger partial charge in [0.05, 0.1) is 41.3 Å². The average Bonchev–Trinajstić information content (AvgIpc) is 3.84. The largest absolute Gasteiger partial charge is 0.309 e. The summed E-state index contributed by atoms with van der Waals surface area (Å²) in [6, 6.07) is 15.7. The van der Waals surface area contributed by atoms with Crippen LogP contribution in [0.4, 0.5) is 0 Å². The van der Waals surface area contributed by atoms with E-state index in [-0.39, 0.29) is 121 Å². The van der Waals surface area contributed by atoms with Crippen LogP contribution in [0.1, 0.15) is 44.2 Å². The van der Waals surface area contributed by atoms with E-state index in [9.17, 15) is 5.48 Å². The van der Waals surface area contributed by atoms with E-state index in [0.29, 0.717) is 5.69 Å². The second-order valence-corrected chi connectivity index (χ2v) is 12.3. The van der Waals surface area contributed by atoms with Crippen LogP contribution in [0.15, 0.2) is 157 Å². The molecule has 9 aromatic rings. The van der Waals surface area contributed by atoms with Gasteiger partial charge in [0.25, 0.3) is 0 Å². The summed E-state index contributed by atoms with van der Waals surface area (Å²) in [4.78, 5) is 0. The number of aromatic nitrogens is 2. The minimum Gasteiger partial charge on any atom is -0.309 e. The summed E-state index contributed by atoms with van der Waals surface area (Å²) < 4.78 is 129. The molecule has 2 heterocycles. The van der Waals surface area contributed by atoms with E-state index in [0.717, 1.165) is 22.3 Å². The highest BCUT2D eigenvalue weighted by atomic mass is 15.0. The minimum atomic E-state index is -0.602. The predicted molar refractivity (Wildman–Crippen MR) is 198 cm³/mol. The van der Waals surface area contributed by atoms with E-state index in [1.165, 1.54) is 34.9 Å². The van der Waals surface area contributed by atoms with Crippen LogP contribution in [0.5, 0.6) is 0 Å². The van der Waals surface area contributed by atoms with Gasteiger partial charge in [-0.05, 0) is 93.9 Å². The molecule has 47 heavy (non-hydrogen) atoms. The van der Waals surface area contributed by atoms with Crippen LogP contribution in [-0.2, 0) is 5.41 Å². The highest BCUT2D eigenvalue weighted by Crippen LogP contribution is 2.49. The smallest absolute Gasteiger partial charge is 0.0645 e. The Kier molecular flexibility index (Phi) is 3.28. The van der Waals surface area contributed by atoms with Gasteiger partial charge < -0.3 is 9.13 Å². The number of nitrogens with zero attached hydrogens (tertiary/aromatic N) is 2. The quantitative estimate of drug-likeness (QED) is 0.187. The molecule has 10 rings (SSSR count). The Labute approximate surface area is 293 Å². The first-order valence-corrected chi connectivity index (χ1v) is 15.3. The van der Waals surface area contributed by atoms with Crippen LogP contribution in [0.3, 0.4) is 0 Å². The fourth-order valence-electron chi connectivity index (χ4n) is 7.22. The molecule has 0 saturated carbocycles. The topological polar surface area (TPSA) is 9.86 Å². The molecule has 0 N–H and O–H groups in total. The Balaban J connectivity index is 1.31. The number of hydrogen-bond donors (Lipinski definition) is 0. The van der Waals surface area contributed by atoms with Crippen molar-refractivity contribution in [3.8, 4) is 33.6 Å². The zero-order valence-electron chi connectivity index (χ0n) is 39.3. The molecule has 2 aromatic heterocycles. The summed E-state index contributed by atoms with van der Waals surface area (Å²) >= 11 is 0. The Morgan fingerprint density at radius 3 is 1.83 bits per heavy atom. The van der Waals surface area contributed by atoms with Crippen molar-refractivity contribution in [3.05, 3.63) is 169 Å². The number of hydrogen-bond acceptors (Lipinski definition) is 0. The molecule has 0 radical (unpaired) electrons. The molecule has 7 aromatic carbocycles. The van der Waals surface area contributed by atoms with Crippen LogP contribution in [0.2, 0.25) is 0 Å². The van der Waals surface area contributed by atoms with E-state index < -0.39 is 29.6 Å². The molecule has 0 saturated heterocycles. The van der Waals surface area contributed by atoms with Crippen LogP contribution < -0.4 is 0 Å². The van der Waals surface area contributed by atoms with Crippen LogP contribution >= 0.6 is 0 Å². The van der Waals surface area contributed by atoms with E-state index in [1.54, 1.807) is 4.57 Å². The molecule has 0 unspecified atom stereocenters. The molecule has 0 bridgehead atoms. The summed E-state index contributed by atoms with van der Waals surface area (Å²) in [6.45, 7) is 4.26. The first-order chi connectivity index (χ1) is 28.9. The van der Waals surface area contributed by atoms with Gasteiger partial charge in [-0.25, -0.2) is 0 Å². The number of rotatable bonds is 3. The maximum Gasteiger partial charge on any atom is 0.0645 e. The SMILES string of the molecule is [2H]c1cc([2H])c(-n2c3c([2H])cc(-c4cc([2H])c5c(c4[2H])c4c([2H])c([2H])cc([2H])c4n5-c4ccc5c(c4)C(C)(C)c4ccccc4-5)c([2H])c3c3c([2H])c([2H])c([2H])c([2H])c32)c([2H])c1. The van der Waals surface area contributed by atoms with Crippen LogP contribution in [-0.4, -0.2) is 9.13 Å². The Bertz CT molecular complexity index is 3490. The zero-order valence-corrected chi connectivity index (χ0v) is 25.3. The third-order valence-electron chi connectivity index (χ3n) is 9.40. The van der Waals surface area contributed by atoms with Gasteiger partial charge in [-0.2, -0.15) is 0 Å². The second-order valence-electron chi connectivity index (χ2n) is 12.3. The minimum absolute atomic E-state index is 0.00598. The van der Waals surface area contributed by atoms with Crippen molar-refractivity contribution in [1.29, 1.82) is 0 Å². The van der Waals surface area contributed by atoms with Crippen molar-refractivity contribution in [3.63, 3.8) is 0 Å². The average molecular weight is 615 g/mol. The van der Waals surface area contributed by atoms with Gasteiger partial charge in [-0.15, -0.1) is 0 Å². The lowest BCUT2D eigenvalue weighted by Gasteiger charge is -2.22. The lowest BCUT2D eigenvalue weighted by atomic mass is 9.82.